The number of pyridine rings is 2. The first-order valence-electron chi connectivity index (χ1n) is 21.2. The second kappa shape index (κ2) is 18.2. The van der Waals surface area contributed by atoms with Gasteiger partial charge in [0.05, 0.1) is 55.1 Å². The molecule has 0 unspecified atom stereocenters. The summed E-state index contributed by atoms with van der Waals surface area (Å²) >= 11 is 1.42. The number of rotatable bonds is 10. The van der Waals surface area contributed by atoms with E-state index in [-0.39, 0.29) is 20.6 Å². The number of thioether (sulfide) groups is 1. The SMILES string of the molecule is CSc1ncc(C)c(-c2cn(S(=O)(=O)c3ccccc3)c3nc(-c4c(C)noc4C)ccc23)n1.Cc1cnc(S(C)(=O)=O)nc1-c1cn(S(=O)(=O)c2ccccc2)c2nc(-c3c(C)noc3C)ccc12. The van der Waals surface area contributed by atoms with Crippen LogP contribution < -0.4 is 0 Å². The molecule has 0 spiro atoms. The molecule has 0 aliphatic rings. The number of hydrogen-bond acceptors (Lipinski definition) is 17. The highest BCUT2D eigenvalue weighted by Crippen LogP contribution is 2.38. The topological polar surface area (TPSA) is 242 Å². The largest absolute Gasteiger partial charge is 0.361 e. The molecule has 0 radical (unpaired) electrons. The van der Waals surface area contributed by atoms with Crippen molar-refractivity contribution in [2.45, 2.75) is 61.6 Å². The van der Waals surface area contributed by atoms with Crippen molar-refractivity contribution >= 4 is 63.7 Å². The van der Waals surface area contributed by atoms with Crippen LogP contribution in [0, 0.1) is 41.5 Å². The Labute approximate surface area is 406 Å². The van der Waals surface area contributed by atoms with Crippen LogP contribution in [0.2, 0.25) is 0 Å². The van der Waals surface area contributed by atoms with Gasteiger partial charge in [0.1, 0.15) is 11.5 Å². The average molecular weight is 1020 g/mol. The maximum Gasteiger partial charge on any atom is 0.269 e. The quantitative estimate of drug-likeness (QED) is 0.0918. The molecular formula is C48H42N10O8S4. The third-order valence-electron chi connectivity index (χ3n) is 11.3. The highest BCUT2D eigenvalue weighted by Gasteiger charge is 2.28. The molecule has 2 aromatic carbocycles. The van der Waals surface area contributed by atoms with Gasteiger partial charge in [-0.1, -0.05) is 58.5 Å². The second-order valence-corrected chi connectivity index (χ2v) is 22.5. The highest BCUT2D eigenvalue weighted by atomic mass is 32.2. The summed E-state index contributed by atoms with van der Waals surface area (Å²) in [6, 6.07) is 23.5. The van der Waals surface area contributed by atoms with Crippen molar-refractivity contribution in [3.63, 3.8) is 0 Å². The molecule has 0 fully saturated rings. The lowest BCUT2D eigenvalue weighted by atomic mass is 10.1. The smallest absolute Gasteiger partial charge is 0.269 e. The zero-order valence-electron chi connectivity index (χ0n) is 38.8. The minimum absolute atomic E-state index is 0.0780. The number of aromatic nitrogens is 10. The Morgan fingerprint density at radius 3 is 1.36 bits per heavy atom. The van der Waals surface area contributed by atoms with Crippen molar-refractivity contribution in [3.05, 3.63) is 144 Å². The molecule has 0 bridgehead atoms. The number of sulfone groups is 1. The monoisotopic (exact) mass is 1010 g/mol. The van der Waals surface area contributed by atoms with Crippen LogP contribution in [0.4, 0.5) is 0 Å². The lowest BCUT2D eigenvalue weighted by molar-refractivity contribution is 0.393. The van der Waals surface area contributed by atoms with E-state index < -0.39 is 29.9 Å². The van der Waals surface area contributed by atoms with Crippen LogP contribution in [0.15, 0.2) is 139 Å². The molecule has 10 rings (SSSR count). The van der Waals surface area contributed by atoms with Gasteiger partial charge in [-0.3, -0.25) is 0 Å². The Kier molecular flexibility index (Phi) is 12.4. The van der Waals surface area contributed by atoms with E-state index in [2.05, 4.69) is 30.2 Å². The van der Waals surface area contributed by atoms with E-state index in [9.17, 15) is 25.3 Å². The molecule has 0 saturated carbocycles. The van der Waals surface area contributed by atoms with E-state index in [0.29, 0.717) is 89.5 Å². The molecule has 0 saturated heterocycles. The molecule has 0 amide bonds. The Morgan fingerprint density at radius 2 is 0.957 bits per heavy atom. The van der Waals surface area contributed by atoms with Gasteiger partial charge in [0.15, 0.2) is 16.5 Å². The van der Waals surface area contributed by atoms with Gasteiger partial charge in [-0.15, -0.1) is 0 Å². The molecule has 18 nitrogen and oxygen atoms in total. The molecule has 70 heavy (non-hydrogen) atoms. The molecular weight excluding hydrogens is 973 g/mol. The van der Waals surface area contributed by atoms with Crippen molar-refractivity contribution < 1.29 is 34.3 Å². The summed E-state index contributed by atoms with van der Waals surface area (Å²) in [5, 5.41) is 9.39. The molecule has 0 N–H and O–H groups in total. The van der Waals surface area contributed by atoms with Crippen molar-refractivity contribution in [1.29, 1.82) is 0 Å². The fourth-order valence-electron chi connectivity index (χ4n) is 7.95. The summed E-state index contributed by atoms with van der Waals surface area (Å²) in [7, 11) is -11.7. The summed E-state index contributed by atoms with van der Waals surface area (Å²) in [4.78, 5) is 26.9. The second-order valence-electron chi connectivity index (χ2n) is 16.2. The molecule has 8 aromatic heterocycles. The average Bonchev–Trinajstić information content (AvgIpc) is 4.11. The standard InChI is InChI=1S/C24H21N5O5S2.C24H21N5O3S2/c1-14-12-25-24(35(4,30)31)27-22(14)19-13-29(36(32,33)17-8-6-5-7-9-17)23-18(19)10-11-20(26-23)21-15(2)28-34-16(21)3;1-14-12-25-24(33-4)27-22(14)19-13-29(34(30,31)17-8-6-5-7-9-17)23-18(19)10-11-20(26-23)21-15(2)28-32-16(21)3/h5-13H,1-4H3;5-13H,1-4H3. The number of benzene rings is 2. The van der Waals surface area contributed by atoms with Gasteiger partial charge in [0, 0.05) is 52.9 Å². The number of fused-ring (bicyclic) bond motifs is 2. The van der Waals surface area contributed by atoms with E-state index in [4.69, 9.17) is 19.0 Å². The normalized spacial score (nSPS) is 12.1. The Morgan fingerprint density at radius 1 is 0.529 bits per heavy atom. The third kappa shape index (κ3) is 8.56. The number of nitrogens with zero attached hydrogens (tertiary/aromatic N) is 10. The predicted molar refractivity (Wildman–Crippen MR) is 264 cm³/mol. The van der Waals surface area contributed by atoms with Gasteiger partial charge in [-0.25, -0.2) is 63.1 Å². The maximum absolute atomic E-state index is 13.7. The zero-order chi connectivity index (χ0) is 49.9. The molecule has 10 aromatic rings. The van der Waals surface area contributed by atoms with Gasteiger partial charge in [-0.2, -0.15) is 0 Å². The first-order chi connectivity index (χ1) is 33.3. The third-order valence-corrected chi connectivity index (χ3v) is 16.1. The van der Waals surface area contributed by atoms with E-state index in [1.807, 2.05) is 32.2 Å². The fourth-order valence-corrected chi connectivity index (χ4v) is 11.5. The van der Waals surface area contributed by atoms with Crippen LogP contribution in [-0.4, -0.2) is 85.9 Å². The van der Waals surface area contributed by atoms with Gasteiger partial charge in [-0.05, 0) is 107 Å². The highest BCUT2D eigenvalue weighted by molar-refractivity contribution is 7.98. The minimum atomic E-state index is -4.06. The predicted octanol–water partition coefficient (Wildman–Crippen LogP) is 8.75. The van der Waals surface area contributed by atoms with E-state index in [0.717, 1.165) is 21.4 Å². The van der Waals surface area contributed by atoms with Crippen LogP contribution in [0.3, 0.4) is 0 Å². The van der Waals surface area contributed by atoms with Gasteiger partial charge < -0.3 is 9.05 Å². The van der Waals surface area contributed by atoms with Crippen molar-refractivity contribution in [2.24, 2.45) is 0 Å². The summed E-state index contributed by atoms with van der Waals surface area (Å²) in [6.07, 6.45) is 9.07. The zero-order valence-corrected chi connectivity index (χ0v) is 42.0. The number of aryl methyl sites for hydroxylation is 6. The first-order valence-corrected chi connectivity index (χ1v) is 27.2. The molecule has 0 aliphatic carbocycles. The lowest BCUT2D eigenvalue weighted by Crippen LogP contribution is -2.12. The summed E-state index contributed by atoms with van der Waals surface area (Å²) < 4.78 is 91.9. The Hall–Kier alpha value is -7.40. The summed E-state index contributed by atoms with van der Waals surface area (Å²) in [6.45, 7) is 10.8. The Balaban J connectivity index is 0.000000174. The van der Waals surface area contributed by atoms with Crippen LogP contribution in [-0.2, 0) is 29.9 Å². The summed E-state index contributed by atoms with van der Waals surface area (Å²) in [5.74, 6) is 1.16. The van der Waals surface area contributed by atoms with Crippen LogP contribution in [0.25, 0.3) is 67.1 Å². The van der Waals surface area contributed by atoms with Gasteiger partial charge >= 0.3 is 0 Å². The van der Waals surface area contributed by atoms with Gasteiger partial charge in [0.25, 0.3) is 20.0 Å². The maximum atomic E-state index is 13.7. The first kappa shape index (κ1) is 47.7. The Bertz CT molecular complexity index is 3980. The van der Waals surface area contributed by atoms with E-state index in [1.54, 1.807) is 101 Å². The molecule has 22 heteroatoms. The van der Waals surface area contributed by atoms with Gasteiger partial charge in [0.2, 0.25) is 15.0 Å². The van der Waals surface area contributed by atoms with E-state index in [1.165, 1.54) is 40.3 Å². The molecule has 0 atom stereocenters. The minimum Gasteiger partial charge on any atom is -0.361 e. The fraction of sp³-hybridized carbons (Fsp3) is 0.167. The van der Waals surface area contributed by atoms with Crippen molar-refractivity contribution in [1.82, 2.24) is 48.2 Å². The summed E-state index contributed by atoms with van der Waals surface area (Å²) in [5.41, 5.74) is 7.71. The van der Waals surface area contributed by atoms with Crippen molar-refractivity contribution in [2.75, 3.05) is 12.5 Å². The van der Waals surface area contributed by atoms with Crippen molar-refractivity contribution in [3.8, 4) is 45.0 Å². The van der Waals surface area contributed by atoms with Crippen LogP contribution >= 0.6 is 11.8 Å². The number of hydrogen-bond donors (Lipinski definition) is 0. The molecule has 0 aliphatic heterocycles. The molecule has 8 heterocycles. The van der Waals surface area contributed by atoms with Crippen LogP contribution in [0.1, 0.15) is 34.0 Å². The van der Waals surface area contributed by atoms with E-state index >= 15 is 0 Å². The molecule has 356 valence electrons. The lowest BCUT2D eigenvalue weighted by Gasteiger charge is -2.08. The van der Waals surface area contributed by atoms with Crippen LogP contribution in [0.5, 0.6) is 0 Å².